The Morgan fingerprint density at radius 3 is 1.07 bits per heavy atom. The van der Waals surface area contributed by atoms with Crippen LogP contribution in [0.25, 0.3) is 0 Å². The molecule has 0 bridgehead atoms. The molecule has 0 aromatic heterocycles. The number of allylic oxidation sites excluding steroid dienone is 2. The topological polar surface area (TPSA) is 89.8 Å². The predicted octanol–water partition coefficient (Wildman–Crippen LogP) is 14.4. The van der Waals surface area contributed by atoms with Crippen molar-refractivity contribution < 1.29 is 20.1 Å². The third-order valence-corrected chi connectivity index (χ3v) is 11.6. The van der Waals surface area contributed by atoms with Gasteiger partial charge < -0.3 is 20.6 Å². The molecule has 0 saturated carbocycles. The Hall–Kier alpha value is -0.910. The SMILES string of the molecule is CCCCCCCCCCCCCC/C=C\CCCCCCCCCCCCCC(=O)NC(CO)C(O)C(O)CCCCCCCCCCCCCCC. The predicted molar refractivity (Wildman–Crippen MR) is 236 cm³/mol. The quantitative estimate of drug-likeness (QED) is 0.0367. The highest BCUT2D eigenvalue weighted by Crippen LogP contribution is 2.17. The lowest BCUT2D eigenvalue weighted by Gasteiger charge is -2.26. The minimum absolute atomic E-state index is 0.142. The van der Waals surface area contributed by atoms with Gasteiger partial charge in [0.1, 0.15) is 6.10 Å². The molecule has 0 rings (SSSR count). The van der Waals surface area contributed by atoms with Gasteiger partial charge in [-0.1, -0.05) is 238 Å². The maximum Gasteiger partial charge on any atom is 0.220 e. The molecule has 0 saturated heterocycles. The summed E-state index contributed by atoms with van der Waals surface area (Å²) in [6.45, 7) is 4.19. The molecule has 0 aromatic rings. The van der Waals surface area contributed by atoms with Gasteiger partial charge in [0.25, 0.3) is 0 Å². The van der Waals surface area contributed by atoms with Crippen LogP contribution in [0, 0.1) is 0 Å². The van der Waals surface area contributed by atoms with Crippen molar-refractivity contribution in [3.63, 3.8) is 0 Å². The summed E-state index contributed by atoms with van der Waals surface area (Å²) < 4.78 is 0. The van der Waals surface area contributed by atoms with E-state index in [0.717, 1.165) is 38.5 Å². The highest BCUT2D eigenvalue weighted by atomic mass is 16.3. The van der Waals surface area contributed by atoms with Crippen LogP contribution in [0.5, 0.6) is 0 Å². The standard InChI is InChI=1S/C49H97NO4/c1-3-5-7-9-11-13-15-17-18-19-20-21-22-23-24-25-26-27-28-29-30-32-34-36-38-40-42-44-48(53)50-46(45-51)49(54)47(52)43-41-39-37-35-33-31-16-14-12-10-8-6-4-2/h23-24,46-47,49,51-52,54H,3-22,25-45H2,1-2H3,(H,50,53)/b24-23-. The van der Waals surface area contributed by atoms with Crippen molar-refractivity contribution in [1.82, 2.24) is 5.32 Å². The minimum atomic E-state index is -1.13. The van der Waals surface area contributed by atoms with E-state index >= 15 is 0 Å². The molecular formula is C49H97NO4. The van der Waals surface area contributed by atoms with Crippen molar-refractivity contribution in [3.05, 3.63) is 12.2 Å². The lowest BCUT2D eigenvalue weighted by molar-refractivity contribution is -0.124. The van der Waals surface area contributed by atoms with Crippen LogP contribution in [0.3, 0.4) is 0 Å². The Kier molecular flexibility index (Phi) is 44.0. The number of rotatable bonds is 45. The number of hydrogen-bond donors (Lipinski definition) is 4. The lowest BCUT2D eigenvalue weighted by Crippen LogP contribution is -2.50. The van der Waals surface area contributed by atoms with Gasteiger partial charge in [-0.05, 0) is 38.5 Å². The van der Waals surface area contributed by atoms with Crippen molar-refractivity contribution in [3.8, 4) is 0 Å². The Morgan fingerprint density at radius 1 is 0.444 bits per heavy atom. The van der Waals surface area contributed by atoms with Crippen molar-refractivity contribution >= 4 is 5.91 Å². The van der Waals surface area contributed by atoms with Crippen LogP contribution in [-0.4, -0.2) is 46.1 Å². The van der Waals surface area contributed by atoms with Crippen molar-refractivity contribution in [2.45, 2.75) is 289 Å². The maximum atomic E-state index is 12.4. The second kappa shape index (κ2) is 44.8. The molecule has 3 unspecified atom stereocenters. The first-order valence-electron chi connectivity index (χ1n) is 24.5. The molecule has 322 valence electrons. The molecule has 0 aliphatic heterocycles. The van der Waals surface area contributed by atoms with Crippen LogP contribution in [-0.2, 0) is 4.79 Å². The van der Waals surface area contributed by atoms with Gasteiger partial charge in [-0.2, -0.15) is 0 Å². The Balaban J connectivity index is 3.52. The first-order chi connectivity index (χ1) is 26.6. The van der Waals surface area contributed by atoms with E-state index in [4.69, 9.17) is 0 Å². The third-order valence-electron chi connectivity index (χ3n) is 11.6. The fourth-order valence-electron chi connectivity index (χ4n) is 7.81. The molecule has 0 aliphatic carbocycles. The number of hydrogen-bond acceptors (Lipinski definition) is 4. The zero-order chi connectivity index (χ0) is 39.4. The Bertz CT molecular complexity index is 758. The number of nitrogens with one attached hydrogen (secondary N) is 1. The second-order valence-electron chi connectivity index (χ2n) is 17.0. The summed E-state index contributed by atoms with van der Waals surface area (Å²) in [4.78, 5) is 12.4. The normalized spacial score (nSPS) is 13.5. The van der Waals surface area contributed by atoms with E-state index in [-0.39, 0.29) is 12.5 Å². The van der Waals surface area contributed by atoms with Crippen LogP contribution in [0.2, 0.25) is 0 Å². The van der Waals surface area contributed by atoms with E-state index in [1.807, 2.05) is 0 Å². The van der Waals surface area contributed by atoms with Gasteiger partial charge in [0, 0.05) is 6.42 Å². The molecule has 54 heavy (non-hydrogen) atoms. The van der Waals surface area contributed by atoms with Gasteiger partial charge in [0.15, 0.2) is 0 Å². The van der Waals surface area contributed by atoms with Crippen LogP contribution in [0.1, 0.15) is 271 Å². The van der Waals surface area contributed by atoms with Gasteiger partial charge in [0.2, 0.25) is 5.91 Å². The molecule has 5 heteroatoms. The molecule has 3 atom stereocenters. The van der Waals surface area contributed by atoms with E-state index in [2.05, 4.69) is 31.3 Å². The summed E-state index contributed by atoms with van der Waals surface area (Å²) in [6, 6.07) is -0.806. The largest absolute Gasteiger partial charge is 0.394 e. The molecule has 0 aliphatic rings. The molecule has 5 nitrogen and oxygen atoms in total. The second-order valence-corrected chi connectivity index (χ2v) is 17.0. The first kappa shape index (κ1) is 53.1. The summed E-state index contributed by atoms with van der Waals surface area (Å²) in [5, 5.41) is 33.6. The molecular weight excluding hydrogens is 667 g/mol. The third kappa shape index (κ3) is 39.3. The van der Waals surface area contributed by atoms with Gasteiger partial charge in [0.05, 0.1) is 18.8 Å². The fourth-order valence-corrected chi connectivity index (χ4v) is 7.81. The van der Waals surface area contributed by atoms with Crippen LogP contribution >= 0.6 is 0 Å². The molecule has 0 spiro atoms. The Morgan fingerprint density at radius 2 is 0.741 bits per heavy atom. The van der Waals surface area contributed by atoms with Gasteiger partial charge in [-0.3, -0.25) is 4.79 Å². The number of amides is 1. The molecule has 0 heterocycles. The zero-order valence-corrected chi connectivity index (χ0v) is 36.6. The first-order valence-corrected chi connectivity index (χ1v) is 24.5. The average Bonchev–Trinajstić information content (AvgIpc) is 3.18. The number of carbonyl (C=O) groups excluding carboxylic acids is 1. The van der Waals surface area contributed by atoms with E-state index in [0.29, 0.717) is 12.8 Å². The minimum Gasteiger partial charge on any atom is -0.394 e. The highest BCUT2D eigenvalue weighted by Gasteiger charge is 2.26. The Labute approximate surface area is 338 Å². The number of unbranched alkanes of at least 4 members (excludes halogenated alkanes) is 35. The van der Waals surface area contributed by atoms with Gasteiger partial charge in [-0.25, -0.2) is 0 Å². The van der Waals surface area contributed by atoms with E-state index in [9.17, 15) is 20.1 Å². The summed E-state index contributed by atoms with van der Waals surface area (Å²) in [7, 11) is 0. The van der Waals surface area contributed by atoms with Crippen molar-refractivity contribution in [1.29, 1.82) is 0 Å². The summed E-state index contributed by atoms with van der Waals surface area (Å²) in [6.07, 6.45) is 53.4. The van der Waals surface area contributed by atoms with E-state index in [1.165, 1.54) is 205 Å². The van der Waals surface area contributed by atoms with Crippen molar-refractivity contribution in [2.24, 2.45) is 0 Å². The van der Waals surface area contributed by atoms with E-state index < -0.39 is 18.2 Å². The molecule has 1 amide bonds. The smallest absolute Gasteiger partial charge is 0.220 e. The van der Waals surface area contributed by atoms with E-state index in [1.54, 1.807) is 0 Å². The van der Waals surface area contributed by atoms with Gasteiger partial charge in [-0.15, -0.1) is 0 Å². The fraction of sp³-hybridized carbons (Fsp3) is 0.939. The van der Waals surface area contributed by atoms with Crippen LogP contribution in [0.15, 0.2) is 12.2 Å². The van der Waals surface area contributed by atoms with Crippen molar-refractivity contribution in [2.75, 3.05) is 6.61 Å². The average molecular weight is 764 g/mol. The summed E-state index contributed by atoms with van der Waals surface area (Å²) >= 11 is 0. The monoisotopic (exact) mass is 764 g/mol. The molecule has 4 N–H and O–H groups in total. The summed E-state index contributed by atoms with van der Waals surface area (Å²) in [5.74, 6) is -0.142. The number of aliphatic hydroxyl groups is 3. The zero-order valence-electron chi connectivity index (χ0n) is 36.6. The number of aliphatic hydroxyl groups excluding tert-OH is 3. The summed E-state index contributed by atoms with van der Waals surface area (Å²) in [5.41, 5.74) is 0. The maximum absolute atomic E-state index is 12.4. The van der Waals surface area contributed by atoms with Gasteiger partial charge >= 0.3 is 0 Å². The molecule has 0 fully saturated rings. The molecule has 0 aromatic carbocycles. The van der Waals surface area contributed by atoms with Crippen LogP contribution < -0.4 is 5.32 Å². The number of carbonyl (C=O) groups is 1. The molecule has 0 radical (unpaired) electrons. The van der Waals surface area contributed by atoms with Crippen LogP contribution in [0.4, 0.5) is 0 Å². The lowest BCUT2D eigenvalue weighted by atomic mass is 9.99. The highest BCUT2D eigenvalue weighted by molar-refractivity contribution is 5.76.